The predicted molar refractivity (Wildman–Crippen MR) is 76.5 cm³/mol. The number of ether oxygens (including phenoxy) is 2. The zero-order valence-corrected chi connectivity index (χ0v) is 12.6. The molecule has 100 valence electrons. The molecule has 0 saturated carbocycles. The van der Waals surface area contributed by atoms with Gasteiger partial charge in [-0.05, 0) is 13.0 Å². The Hall–Kier alpha value is -0.580. The molecular weight excluding hydrogens is 294 g/mol. The van der Waals surface area contributed by atoms with E-state index >= 15 is 0 Å². The highest BCUT2D eigenvalue weighted by molar-refractivity contribution is 9.09. The highest BCUT2D eigenvalue weighted by atomic mass is 79.9. The van der Waals surface area contributed by atoms with Crippen molar-refractivity contribution < 1.29 is 9.47 Å². The second-order valence-corrected chi connectivity index (χ2v) is 5.32. The molecule has 0 radical (unpaired) electrons. The lowest BCUT2D eigenvalue weighted by Crippen LogP contribution is -2.45. The van der Waals surface area contributed by atoms with E-state index in [-0.39, 0.29) is 0 Å². The molecule has 1 saturated heterocycles. The number of alkyl halides is 1. The smallest absolute Gasteiger partial charge is 0.123 e. The van der Waals surface area contributed by atoms with Gasteiger partial charge in [-0.15, -0.1) is 0 Å². The number of rotatable bonds is 4. The lowest BCUT2D eigenvalue weighted by atomic mass is 10.1. The summed E-state index contributed by atoms with van der Waals surface area (Å²) in [6.07, 6.45) is 0. The zero-order valence-electron chi connectivity index (χ0n) is 11.0. The Morgan fingerprint density at radius 2 is 2.33 bits per heavy atom. The van der Waals surface area contributed by atoms with Crippen molar-refractivity contribution in [2.75, 3.05) is 32.2 Å². The van der Waals surface area contributed by atoms with Crippen molar-refractivity contribution in [3.05, 3.63) is 29.3 Å². The quantitative estimate of drug-likeness (QED) is 0.798. The van der Waals surface area contributed by atoms with E-state index in [9.17, 15) is 0 Å². The minimum absolute atomic E-state index is 0.448. The molecule has 2 rings (SSSR count). The van der Waals surface area contributed by atoms with Crippen LogP contribution in [0, 0.1) is 6.92 Å². The normalized spacial score (nSPS) is 20.9. The standard InChI is InChI=1S/C14H20BrNO2/c1-11-3-4-14(17-2)12(7-11)9-16-5-6-18-10-13(16)8-15/h3-4,7,13H,5-6,8-10H2,1-2H3. The number of benzene rings is 1. The van der Waals surface area contributed by atoms with Crippen LogP contribution in [0.4, 0.5) is 0 Å². The molecule has 3 nitrogen and oxygen atoms in total. The number of aryl methyl sites for hydroxylation is 1. The summed E-state index contributed by atoms with van der Waals surface area (Å²) in [6.45, 7) is 5.64. The Balaban J connectivity index is 2.14. The third kappa shape index (κ3) is 3.25. The first kappa shape index (κ1) is 13.8. The number of halogens is 1. The van der Waals surface area contributed by atoms with Gasteiger partial charge in [0.05, 0.1) is 20.3 Å². The summed E-state index contributed by atoms with van der Waals surface area (Å²) < 4.78 is 11.0. The van der Waals surface area contributed by atoms with E-state index in [0.717, 1.165) is 37.4 Å². The first-order chi connectivity index (χ1) is 8.74. The van der Waals surface area contributed by atoms with E-state index in [1.807, 2.05) is 6.07 Å². The van der Waals surface area contributed by atoms with Gasteiger partial charge in [-0.1, -0.05) is 33.6 Å². The molecular formula is C14H20BrNO2. The molecule has 0 aliphatic carbocycles. The minimum Gasteiger partial charge on any atom is -0.496 e. The molecule has 1 unspecified atom stereocenters. The predicted octanol–water partition coefficient (Wildman–Crippen LogP) is 2.60. The largest absolute Gasteiger partial charge is 0.496 e. The topological polar surface area (TPSA) is 21.7 Å². The van der Waals surface area contributed by atoms with E-state index in [0.29, 0.717) is 6.04 Å². The first-order valence-electron chi connectivity index (χ1n) is 6.26. The fourth-order valence-electron chi connectivity index (χ4n) is 2.29. The van der Waals surface area contributed by atoms with Crippen molar-refractivity contribution in [1.29, 1.82) is 0 Å². The summed E-state index contributed by atoms with van der Waals surface area (Å²) in [6, 6.07) is 6.79. The molecule has 1 fully saturated rings. The van der Waals surface area contributed by atoms with E-state index in [1.165, 1.54) is 11.1 Å². The number of nitrogens with zero attached hydrogens (tertiary/aromatic N) is 1. The molecule has 1 aromatic carbocycles. The SMILES string of the molecule is COc1ccc(C)cc1CN1CCOCC1CBr. The fourth-order valence-corrected chi connectivity index (χ4v) is 2.89. The average Bonchev–Trinajstić information content (AvgIpc) is 2.40. The van der Waals surface area contributed by atoms with Gasteiger partial charge in [0.1, 0.15) is 5.75 Å². The van der Waals surface area contributed by atoms with Crippen LogP contribution in [0.15, 0.2) is 18.2 Å². The second kappa shape index (κ2) is 6.55. The maximum absolute atomic E-state index is 5.52. The van der Waals surface area contributed by atoms with Gasteiger partial charge >= 0.3 is 0 Å². The molecule has 0 aromatic heterocycles. The van der Waals surface area contributed by atoms with Crippen LogP contribution < -0.4 is 4.74 Å². The Morgan fingerprint density at radius 1 is 1.50 bits per heavy atom. The zero-order chi connectivity index (χ0) is 13.0. The maximum Gasteiger partial charge on any atom is 0.123 e. The molecule has 18 heavy (non-hydrogen) atoms. The molecule has 1 aliphatic heterocycles. The van der Waals surface area contributed by atoms with Crippen LogP contribution in [0.3, 0.4) is 0 Å². The highest BCUT2D eigenvalue weighted by Gasteiger charge is 2.22. The molecule has 1 heterocycles. The summed E-state index contributed by atoms with van der Waals surface area (Å²) in [5.74, 6) is 0.973. The molecule has 0 N–H and O–H groups in total. The number of hydrogen-bond acceptors (Lipinski definition) is 3. The van der Waals surface area contributed by atoms with Crippen LogP contribution in [-0.4, -0.2) is 43.1 Å². The van der Waals surface area contributed by atoms with Crippen LogP contribution in [-0.2, 0) is 11.3 Å². The van der Waals surface area contributed by atoms with Gasteiger partial charge in [-0.25, -0.2) is 0 Å². The molecule has 0 amide bonds. The van der Waals surface area contributed by atoms with Gasteiger partial charge < -0.3 is 9.47 Å². The number of methoxy groups -OCH3 is 1. The van der Waals surface area contributed by atoms with Crippen molar-refractivity contribution >= 4 is 15.9 Å². The van der Waals surface area contributed by atoms with Crippen LogP contribution in [0.25, 0.3) is 0 Å². The van der Waals surface area contributed by atoms with Gasteiger partial charge in [-0.2, -0.15) is 0 Å². The third-order valence-corrected chi connectivity index (χ3v) is 4.08. The molecule has 0 bridgehead atoms. The summed E-state index contributed by atoms with van der Waals surface area (Å²) >= 11 is 3.56. The second-order valence-electron chi connectivity index (χ2n) is 4.67. The highest BCUT2D eigenvalue weighted by Crippen LogP contribution is 2.23. The Morgan fingerprint density at radius 3 is 3.06 bits per heavy atom. The first-order valence-corrected chi connectivity index (χ1v) is 7.38. The molecule has 1 aliphatic rings. The van der Waals surface area contributed by atoms with Gasteiger partial charge in [0.15, 0.2) is 0 Å². The Bertz CT molecular complexity index is 397. The Labute approximate surface area is 117 Å². The van der Waals surface area contributed by atoms with Crippen molar-refractivity contribution in [2.45, 2.75) is 19.5 Å². The van der Waals surface area contributed by atoms with Gasteiger partial charge in [0, 0.05) is 30.0 Å². The summed E-state index contributed by atoms with van der Waals surface area (Å²) in [4.78, 5) is 2.45. The van der Waals surface area contributed by atoms with E-state index < -0.39 is 0 Å². The number of morpholine rings is 1. The van der Waals surface area contributed by atoms with E-state index in [4.69, 9.17) is 9.47 Å². The Kier molecular flexibility index (Phi) is 5.03. The van der Waals surface area contributed by atoms with Crippen LogP contribution in [0.1, 0.15) is 11.1 Å². The number of hydrogen-bond donors (Lipinski definition) is 0. The molecule has 0 spiro atoms. The van der Waals surface area contributed by atoms with Gasteiger partial charge in [0.25, 0.3) is 0 Å². The van der Waals surface area contributed by atoms with E-state index in [2.05, 4.69) is 39.9 Å². The van der Waals surface area contributed by atoms with Crippen molar-refractivity contribution in [3.8, 4) is 5.75 Å². The van der Waals surface area contributed by atoms with Crippen molar-refractivity contribution in [1.82, 2.24) is 4.90 Å². The summed E-state index contributed by atoms with van der Waals surface area (Å²) in [5, 5.41) is 0.946. The maximum atomic E-state index is 5.52. The van der Waals surface area contributed by atoms with E-state index in [1.54, 1.807) is 7.11 Å². The van der Waals surface area contributed by atoms with Crippen LogP contribution in [0.5, 0.6) is 5.75 Å². The van der Waals surface area contributed by atoms with Gasteiger partial charge in [0.2, 0.25) is 0 Å². The van der Waals surface area contributed by atoms with Crippen molar-refractivity contribution in [3.63, 3.8) is 0 Å². The van der Waals surface area contributed by atoms with Gasteiger partial charge in [-0.3, -0.25) is 4.90 Å². The third-order valence-electron chi connectivity index (χ3n) is 3.34. The fraction of sp³-hybridized carbons (Fsp3) is 0.571. The van der Waals surface area contributed by atoms with Crippen molar-refractivity contribution in [2.24, 2.45) is 0 Å². The molecule has 4 heteroatoms. The van der Waals surface area contributed by atoms with Crippen LogP contribution in [0.2, 0.25) is 0 Å². The molecule has 1 aromatic rings. The average molecular weight is 314 g/mol. The summed E-state index contributed by atoms with van der Waals surface area (Å²) in [7, 11) is 1.73. The minimum atomic E-state index is 0.448. The monoisotopic (exact) mass is 313 g/mol. The lowest BCUT2D eigenvalue weighted by molar-refractivity contribution is -0.00240. The lowest BCUT2D eigenvalue weighted by Gasteiger charge is -2.34. The molecule has 1 atom stereocenters. The summed E-state index contributed by atoms with van der Waals surface area (Å²) in [5.41, 5.74) is 2.53. The van der Waals surface area contributed by atoms with Crippen LogP contribution >= 0.6 is 15.9 Å².